The van der Waals surface area contributed by atoms with E-state index in [1.165, 1.54) is 4.88 Å². The summed E-state index contributed by atoms with van der Waals surface area (Å²) >= 11 is 1.69. The van der Waals surface area contributed by atoms with Crippen molar-refractivity contribution in [2.45, 2.75) is 20.3 Å². The molecule has 21 heavy (non-hydrogen) atoms. The highest BCUT2D eigenvalue weighted by molar-refractivity contribution is 7.11. The number of rotatable bonds is 5. The van der Waals surface area contributed by atoms with Gasteiger partial charge in [0, 0.05) is 43.7 Å². The normalized spacial score (nSPS) is 10.5. The second-order valence-corrected chi connectivity index (χ2v) is 6.33. The van der Waals surface area contributed by atoms with Crippen LogP contribution < -0.4 is 10.2 Å². The summed E-state index contributed by atoms with van der Waals surface area (Å²) in [5.74, 6) is 0.705. The Morgan fingerprint density at radius 1 is 1.38 bits per heavy atom. The summed E-state index contributed by atoms with van der Waals surface area (Å²) in [7, 11) is 3.80. The standard InChI is InChI=1S/C15H20N4OS/c1-10-13(21-11(2)18-10)6-8-17-15(20)12-5-7-16-14(9-12)19(3)4/h5,7,9H,6,8H2,1-4H3,(H,17,20). The van der Waals surface area contributed by atoms with E-state index in [4.69, 9.17) is 0 Å². The summed E-state index contributed by atoms with van der Waals surface area (Å²) in [6.45, 7) is 4.62. The van der Waals surface area contributed by atoms with Crippen molar-refractivity contribution >= 4 is 23.1 Å². The van der Waals surface area contributed by atoms with Gasteiger partial charge in [-0.2, -0.15) is 0 Å². The number of aryl methyl sites for hydroxylation is 2. The molecule has 0 unspecified atom stereocenters. The molecule has 2 heterocycles. The maximum absolute atomic E-state index is 12.1. The lowest BCUT2D eigenvalue weighted by atomic mass is 10.2. The van der Waals surface area contributed by atoms with Gasteiger partial charge < -0.3 is 10.2 Å². The summed E-state index contributed by atoms with van der Waals surface area (Å²) in [4.78, 5) is 23.8. The molecule has 0 fully saturated rings. The average molecular weight is 304 g/mol. The molecule has 1 amide bonds. The molecule has 2 rings (SSSR count). The van der Waals surface area contributed by atoms with Crippen molar-refractivity contribution in [2.24, 2.45) is 0 Å². The molecule has 0 aliphatic carbocycles. The second kappa shape index (κ2) is 6.67. The van der Waals surface area contributed by atoms with Crippen LogP contribution in [0.25, 0.3) is 0 Å². The molecule has 2 aromatic rings. The largest absolute Gasteiger partial charge is 0.363 e. The fraction of sp³-hybridized carbons (Fsp3) is 0.400. The van der Waals surface area contributed by atoms with Crippen LogP contribution in [0.1, 0.15) is 25.9 Å². The predicted octanol–water partition coefficient (Wildman–Crippen LogP) is 2.19. The van der Waals surface area contributed by atoms with Crippen molar-refractivity contribution in [1.82, 2.24) is 15.3 Å². The molecule has 5 nitrogen and oxygen atoms in total. The topological polar surface area (TPSA) is 58.1 Å². The Morgan fingerprint density at radius 2 is 2.14 bits per heavy atom. The van der Waals surface area contributed by atoms with Gasteiger partial charge in [0.2, 0.25) is 0 Å². The molecule has 0 atom stereocenters. The van der Waals surface area contributed by atoms with Gasteiger partial charge in [0.15, 0.2) is 0 Å². The fourth-order valence-corrected chi connectivity index (χ4v) is 2.94. The van der Waals surface area contributed by atoms with E-state index >= 15 is 0 Å². The number of nitrogens with zero attached hydrogens (tertiary/aromatic N) is 3. The van der Waals surface area contributed by atoms with Crippen LogP contribution in [-0.2, 0) is 6.42 Å². The van der Waals surface area contributed by atoms with Gasteiger partial charge in [-0.3, -0.25) is 4.79 Å². The van der Waals surface area contributed by atoms with E-state index < -0.39 is 0 Å². The molecule has 0 saturated carbocycles. The monoisotopic (exact) mass is 304 g/mol. The molecule has 0 aliphatic heterocycles. The van der Waals surface area contributed by atoms with E-state index in [9.17, 15) is 4.79 Å². The first-order valence-corrected chi connectivity index (χ1v) is 7.63. The van der Waals surface area contributed by atoms with Crippen LogP contribution >= 0.6 is 11.3 Å². The van der Waals surface area contributed by atoms with E-state index in [0.29, 0.717) is 12.1 Å². The SMILES string of the molecule is Cc1nc(C)c(CCNC(=O)c2ccnc(N(C)C)c2)s1. The molecule has 1 N–H and O–H groups in total. The number of thiazole rings is 1. The molecule has 0 aromatic carbocycles. The molecule has 0 aliphatic rings. The third kappa shape index (κ3) is 4.01. The summed E-state index contributed by atoms with van der Waals surface area (Å²) in [6.07, 6.45) is 2.47. The molecule has 6 heteroatoms. The van der Waals surface area contributed by atoms with E-state index in [2.05, 4.69) is 15.3 Å². The molecular formula is C15H20N4OS. The quantitative estimate of drug-likeness (QED) is 0.920. The van der Waals surface area contributed by atoms with Crippen molar-refractivity contribution < 1.29 is 4.79 Å². The highest BCUT2D eigenvalue weighted by Gasteiger charge is 2.09. The Hall–Kier alpha value is -1.95. The van der Waals surface area contributed by atoms with Gasteiger partial charge in [0.05, 0.1) is 10.7 Å². The molecule has 2 aromatic heterocycles. The highest BCUT2D eigenvalue weighted by Crippen LogP contribution is 2.17. The summed E-state index contributed by atoms with van der Waals surface area (Å²) < 4.78 is 0. The van der Waals surface area contributed by atoms with E-state index in [1.807, 2.05) is 32.8 Å². The Bertz CT molecular complexity index is 636. The van der Waals surface area contributed by atoms with Gasteiger partial charge in [-0.05, 0) is 26.0 Å². The summed E-state index contributed by atoms with van der Waals surface area (Å²) in [5.41, 5.74) is 1.69. The molecule has 0 saturated heterocycles. The van der Waals surface area contributed by atoms with Crippen molar-refractivity contribution in [1.29, 1.82) is 0 Å². The minimum absolute atomic E-state index is 0.0700. The smallest absolute Gasteiger partial charge is 0.251 e. The van der Waals surface area contributed by atoms with Crippen LogP contribution in [0, 0.1) is 13.8 Å². The zero-order chi connectivity index (χ0) is 15.4. The van der Waals surface area contributed by atoms with E-state index in [-0.39, 0.29) is 5.91 Å². The summed E-state index contributed by atoms with van der Waals surface area (Å²) in [6, 6.07) is 3.52. The Labute approximate surface area is 129 Å². The lowest BCUT2D eigenvalue weighted by Gasteiger charge is -2.12. The first-order chi connectivity index (χ1) is 9.97. The Morgan fingerprint density at radius 3 is 2.76 bits per heavy atom. The van der Waals surface area contributed by atoms with Crippen molar-refractivity contribution in [2.75, 3.05) is 25.5 Å². The first kappa shape index (κ1) is 15.4. The van der Waals surface area contributed by atoms with Gasteiger partial charge in [-0.25, -0.2) is 9.97 Å². The molecule has 0 bridgehead atoms. The maximum atomic E-state index is 12.1. The van der Waals surface area contributed by atoms with Gasteiger partial charge in [0.25, 0.3) is 5.91 Å². The zero-order valence-corrected chi connectivity index (χ0v) is 13.6. The van der Waals surface area contributed by atoms with Crippen molar-refractivity contribution in [3.8, 4) is 0 Å². The lowest BCUT2D eigenvalue weighted by molar-refractivity contribution is 0.0954. The van der Waals surface area contributed by atoms with Gasteiger partial charge in [-0.15, -0.1) is 11.3 Å². The number of nitrogens with one attached hydrogen (secondary N) is 1. The van der Waals surface area contributed by atoms with E-state index in [0.717, 1.165) is 22.9 Å². The number of anilines is 1. The van der Waals surface area contributed by atoms with Gasteiger partial charge in [-0.1, -0.05) is 0 Å². The Kier molecular flexibility index (Phi) is 4.90. The van der Waals surface area contributed by atoms with Crippen LogP contribution in [0.3, 0.4) is 0 Å². The first-order valence-electron chi connectivity index (χ1n) is 6.82. The van der Waals surface area contributed by atoms with Crippen molar-refractivity contribution in [3.05, 3.63) is 39.5 Å². The minimum Gasteiger partial charge on any atom is -0.363 e. The summed E-state index contributed by atoms with van der Waals surface area (Å²) in [5, 5.41) is 4.01. The van der Waals surface area contributed by atoms with Crippen LogP contribution in [0.2, 0.25) is 0 Å². The van der Waals surface area contributed by atoms with Crippen LogP contribution in [-0.4, -0.2) is 36.5 Å². The third-order valence-electron chi connectivity index (χ3n) is 3.10. The molecule has 112 valence electrons. The third-order valence-corrected chi connectivity index (χ3v) is 4.24. The van der Waals surface area contributed by atoms with Crippen LogP contribution in [0.15, 0.2) is 18.3 Å². The van der Waals surface area contributed by atoms with E-state index in [1.54, 1.807) is 29.7 Å². The number of hydrogen-bond donors (Lipinski definition) is 1. The number of carbonyl (C=O) groups excluding carboxylic acids is 1. The molecule has 0 spiro atoms. The number of aromatic nitrogens is 2. The maximum Gasteiger partial charge on any atom is 0.251 e. The predicted molar refractivity (Wildman–Crippen MR) is 86.2 cm³/mol. The number of carbonyl (C=O) groups is 1. The van der Waals surface area contributed by atoms with Crippen molar-refractivity contribution in [3.63, 3.8) is 0 Å². The number of pyridine rings is 1. The molecule has 0 radical (unpaired) electrons. The molecular weight excluding hydrogens is 284 g/mol. The van der Waals surface area contributed by atoms with Gasteiger partial charge >= 0.3 is 0 Å². The van der Waals surface area contributed by atoms with Crippen LogP contribution in [0.5, 0.6) is 0 Å². The van der Waals surface area contributed by atoms with Gasteiger partial charge in [0.1, 0.15) is 5.82 Å². The minimum atomic E-state index is -0.0700. The number of amides is 1. The second-order valence-electron chi connectivity index (χ2n) is 5.04. The zero-order valence-electron chi connectivity index (χ0n) is 12.8. The lowest BCUT2D eigenvalue weighted by Crippen LogP contribution is -2.26. The fourth-order valence-electron chi connectivity index (χ4n) is 2.00. The van der Waals surface area contributed by atoms with Crippen LogP contribution in [0.4, 0.5) is 5.82 Å². The number of hydrogen-bond acceptors (Lipinski definition) is 5. The highest BCUT2D eigenvalue weighted by atomic mass is 32.1. The average Bonchev–Trinajstić information content (AvgIpc) is 2.77. The Balaban J connectivity index is 1.93.